The van der Waals surface area contributed by atoms with Gasteiger partial charge in [-0.2, -0.15) is 0 Å². The minimum atomic E-state index is -0.452. The lowest BCUT2D eigenvalue weighted by Gasteiger charge is -2.37. The number of hydrogen-bond acceptors (Lipinski definition) is 4. The van der Waals surface area contributed by atoms with Gasteiger partial charge in [-0.15, -0.1) is 0 Å². The maximum atomic E-state index is 13.1. The van der Waals surface area contributed by atoms with Crippen LogP contribution in [0.15, 0.2) is 36.5 Å². The van der Waals surface area contributed by atoms with Crippen LogP contribution in [-0.4, -0.2) is 58.1 Å². The topological polar surface area (TPSA) is 62.7 Å². The van der Waals surface area contributed by atoms with E-state index in [9.17, 15) is 9.59 Å². The van der Waals surface area contributed by atoms with Crippen molar-refractivity contribution >= 4 is 22.9 Å². The van der Waals surface area contributed by atoms with Gasteiger partial charge in [-0.3, -0.25) is 9.78 Å². The van der Waals surface area contributed by atoms with Gasteiger partial charge in [0.2, 0.25) is 0 Å². The highest BCUT2D eigenvalue weighted by atomic mass is 16.6. The van der Waals surface area contributed by atoms with Crippen LogP contribution in [0.1, 0.15) is 49.9 Å². The lowest BCUT2D eigenvalue weighted by molar-refractivity contribution is 0.00312. The van der Waals surface area contributed by atoms with Crippen LogP contribution in [0.4, 0.5) is 4.79 Å². The lowest BCUT2D eigenvalue weighted by Crippen LogP contribution is -2.49. The molecule has 28 heavy (non-hydrogen) atoms. The number of piperidine rings is 1. The van der Waals surface area contributed by atoms with Crippen molar-refractivity contribution in [3.8, 4) is 0 Å². The zero-order valence-electron chi connectivity index (χ0n) is 16.6. The SMILES string of the molecule is CCC[C@@H](C)N1CC2(CCN(C(=O)c3cccc4cccnc34)CC2)OC1=O. The lowest BCUT2D eigenvalue weighted by atomic mass is 9.90. The minimum Gasteiger partial charge on any atom is -0.441 e. The van der Waals surface area contributed by atoms with Crippen LogP contribution in [0.5, 0.6) is 0 Å². The summed E-state index contributed by atoms with van der Waals surface area (Å²) in [5.74, 6) is -0.000296. The summed E-state index contributed by atoms with van der Waals surface area (Å²) < 4.78 is 5.81. The Morgan fingerprint density at radius 3 is 2.75 bits per heavy atom. The van der Waals surface area contributed by atoms with Crippen molar-refractivity contribution in [2.45, 2.75) is 51.2 Å². The summed E-state index contributed by atoms with van der Waals surface area (Å²) in [6, 6.07) is 9.74. The molecule has 148 valence electrons. The molecule has 0 bridgehead atoms. The number of benzene rings is 1. The Labute approximate surface area is 165 Å². The third-order valence-electron chi connectivity index (χ3n) is 6.06. The van der Waals surface area contributed by atoms with Crippen LogP contribution < -0.4 is 0 Å². The first-order valence-electron chi connectivity index (χ1n) is 10.2. The molecule has 2 aliphatic rings. The van der Waals surface area contributed by atoms with Gasteiger partial charge in [-0.1, -0.05) is 31.5 Å². The summed E-state index contributed by atoms with van der Waals surface area (Å²) in [5.41, 5.74) is 0.921. The Balaban J connectivity index is 1.46. The number of carbonyl (C=O) groups excluding carboxylic acids is 2. The largest absolute Gasteiger partial charge is 0.441 e. The summed E-state index contributed by atoms with van der Waals surface area (Å²) in [6.45, 7) is 6.01. The molecule has 1 aromatic heterocycles. The number of likely N-dealkylation sites (tertiary alicyclic amines) is 1. The van der Waals surface area contributed by atoms with E-state index in [4.69, 9.17) is 4.74 Å². The number of pyridine rings is 1. The molecule has 1 aromatic carbocycles. The van der Waals surface area contributed by atoms with Crippen molar-refractivity contribution < 1.29 is 14.3 Å². The number of fused-ring (bicyclic) bond motifs is 1. The number of amides is 2. The normalized spacial score (nSPS) is 19.9. The monoisotopic (exact) mass is 381 g/mol. The molecule has 4 rings (SSSR count). The molecule has 3 heterocycles. The van der Waals surface area contributed by atoms with Crippen molar-refractivity contribution in [2.75, 3.05) is 19.6 Å². The molecule has 2 saturated heterocycles. The molecular weight excluding hydrogens is 354 g/mol. The molecule has 2 amide bonds. The van der Waals surface area contributed by atoms with Gasteiger partial charge in [0.05, 0.1) is 17.6 Å². The second kappa shape index (κ2) is 7.41. The van der Waals surface area contributed by atoms with Crippen LogP contribution in [0.3, 0.4) is 0 Å². The fourth-order valence-corrected chi connectivity index (χ4v) is 4.39. The fourth-order valence-electron chi connectivity index (χ4n) is 4.39. The first-order valence-corrected chi connectivity index (χ1v) is 10.2. The summed E-state index contributed by atoms with van der Waals surface area (Å²) >= 11 is 0. The molecule has 2 fully saturated rings. The Bertz CT molecular complexity index is 884. The van der Waals surface area contributed by atoms with E-state index in [1.807, 2.05) is 40.1 Å². The highest BCUT2D eigenvalue weighted by Crippen LogP contribution is 2.35. The van der Waals surface area contributed by atoms with Gasteiger partial charge in [0, 0.05) is 43.6 Å². The van der Waals surface area contributed by atoms with Gasteiger partial charge < -0.3 is 14.5 Å². The quantitative estimate of drug-likeness (QED) is 0.807. The highest BCUT2D eigenvalue weighted by molar-refractivity contribution is 6.05. The molecule has 0 aliphatic carbocycles. The highest BCUT2D eigenvalue weighted by Gasteiger charge is 2.48. The molecule has 0 saturated carbocycles. The van der Waals surface area contributed by atoms with E-state index in [-0.39, 0.29) is 18.0 Å². The van der Waals surface area contributed by atoms with Crippen LogP contribution in [0.25, 0.3) is 10.9 Å². The van der Waals surface area contributed by atoms with Crippen molar-refractivity contribution in [1.82, 2.24) is 14.8 Å². The second-order valence-electron chi connectivity index (χ2n) is 7.99. The maximum absolute atomic E-state index is 13.1. The summed E-state index contributed by atoms with van der Waals surface area (Å²) in [7, 11) is 0. The zero-order valence-corrected chi connectivity index (χ0v) is 16.6. The number of para-hydroxylation sites is 1. The molecule has 0 unspecified atom stereocenters. The first kappa shape index (κ1) is 18.7. The number of rotatable bonds is 4. The Morgan fingerprint density at radius 1 is 1.25 bits per heavy atom. The van der Waals surface area contributed by atoms with Gasteiger partial charge >= 0.3 is 6.09 Å². The van der Waals surface area contributed by atoms with Gasteiger partial charge in [-0.05, 0) is 25.5 Å². The molecule has 2 aliphatic heterocycles. The van der Waals surface area contributed by atoms with E-state index in [1.54, 1.807) is 6.20 Å². The van der Waals surface area contributed by atoms with Gasteiger partial charge in [0.25, 0.3) is 5.91 Å². The van der Waals surface area contributed by atoms with Crippen LogP contribution in [0, 0.1) is 0 Å². The predicted octanol–water partition coefficient (Wildman–Crippen LogP) is 3.85. The average molecular weight is 381 g/mol. The molecule has 1 atom stereocenters. The Hall–Kier alpha value is -2.63. The molecule has 2 aromatic rings. The number of ether oxygens (including phenoxy) is 1. The molecule has 6 heteroatoms. The molecule has 0 radical (unpaired) electrons. The molecular formula is C22H27N3O3. The summed E-state index contributed by atoms with van der Waals surface area (Å²) in [6.07, 6.45) is 4.88. The van der Waals surface area contributed by atoms with E-state index >= 15 is 0 Å². The van der Waals surface area contributed by atoms with E-state index in [0.29, 0.717) is 38.0 Å². The van der Waals surface area contributed by atoms with Crippen LogP contribution in [0.2, 0.25) is 0 Å². The minimum absolute atomic E-state index is 0.000296. The Morgan fingerprint density at radius 2 is 2.00 bits per heavy atom. The van der Waals surface area contributed by atoms with Crippen molar-refractivity contribution in [3.63, 3.8) is 0 Å². The number of nitrogens with zero attached hydrogens (tertiary/aromatic N) is 3. The van der Waals surface area contributed by atoms with Gasteiger partial charge in [0.1, 0.15) is 5.60 Å². The van der Waals surface area contributed by atoms with E-state index in [2.05, 4.69) is 18.8 Å². The van der Waals surface area contributed by atoms with Crippen LogP contribution >= 0.6 is 0 Å². The number of carbonyl (C=O) groups is 2. The zero-order chi connectivity index (χ0) is 19.7. The van der Waals surface area contributed by atoms with Gasteiger partial charge in [-0.25, -0.2) is 4.79 Å². The van der Waals surface area contributed by atoms with E-state index < -0.39 is 5.60 Å². The van der Waals surface area contributed by atoms with Crippen molar-refractivity contribution in [1.29, 1.82) is 0 Å². The maximum Gasteiger partial charge on any atom is 0.410 e. The Kier molecular flexibility index (Phi) is 4.96. The number of hydrogen-bond donors (Lipinski definition) is 0. The average Bonchev–Trinajstić information content (AvgIpc) is 3.03. The third-order valence-corrected chi connectivity index (χ3v) is 6.06. The smallest absolute Gasteiger partial charge is 0.410 e. The molecule has 1 spiro atoms. The van der Waals surface area contributed by atoms with E-state index in [0.717, 1.165) is 23.7 Å². The molecule has 0 N–H and O–H groups in total. The summed E-state index contributed by atoms with van der Waals surface area (Å²) in [5, 5.41) is 0.965. The number of aromatic nitrogens is 1. The summed E-state index contributed by atoms with van der Waals surface area (Å²) in [4.78, 5) is 33.6. The predicted molar refractivity (Wildman–Crippen MR) is 107 cm³/mol. The van der Waals surface area contributed by atoms with Crippen LogP contribution in [-0.2, 0) is 4.74 Å². The first-order chi connectivity index (χ1) is 13.5. The third kappa shape index (κ3) is 3.32. The molecule has 6 nitrogen and oxygen atoms in total. The second-order valence-corrected chi connectivity index (χ2v) is 7.99. The fraction of sp³-hybridized carbons (Fsp3) is 0.500. The van der Waals surface area contributed by atoms with Crippen molar-refractivity contribution in [3.05, 3.63) is 42.1 Å². The van der Waals surface area contributed by atoms with Gasteiger partial charge in [0.15, 0.2) is 0 Å². The standard InChI is InChI=1S/C22H27N3O3/c1-3-6-16(2)25-15-22(28-21(25)27)10-13-24(14-11-22)20(26)18-9-4-7-17-8-5-12-23-19(17)18/h4-5,7-9,12,16H,3,6,10-11,13-15H2,1-2H3/t16-/m1/s1. The van der Waals surface area contributed by atoms with Crippen molar-refractivity contribution in [2.24, 2.45) is 0 Å². The van der Waals surface area contributed by atoms with E-state index in [1.165, 1.54) is 0 Å².